The molecule has 8 heteroatoms. The van der Waals surface area contributed by atoms with Crippen LogP contribution in [0.5, 0.6) is 0 Å². The number of nitroso groups, excluding NO2 is 1. The summed E-state index contributed by atoms with van der Waals surface area (Å²) in [6.45, 7) is 0. The molecule has 0 radical (unpaired) electrons. The number of nitrogens with zero attached hydrogens (tertiary/aromatic N) is 2. The monoisotopic (exact) mass is 330 g/mol. The van der Waals surface area contributed by atoms with Gasteiger partial charge in [-0.15, -0.1) is 4.91 Å². The zero-order valence-electron chi connectivity index (χ0n) is 12.9. The fraction of sp³-hybridized carbons (Fsp3) is 0.125. The summed E-state index contributed by atoms with van der Waals surface area (Å²) in [4.78, 5) is 34.3. The maximum Gasteiger partial charge on any atom is 0.340 e. The molecular weight excluding hydrogens is 316 g/mol. The van der Waals surface area contributed by atoms with Crippen LogP contribution in [0.1, 0.15) is 20.7 Å². The minimum absolute atomic E-state index is 0.111. The fourth-order valence-electron chi connectivity index (χ4n) is 2.09. The molecule has 0 fully saturated rings. The first-order valence-corrected chi connectivity index (χ1v) is 6.75. The highest BCUT2D eigenvalue weighted by Crippen LogP contribution is 2.31. The van der Waals surface area contributed by atoms with Crippen molar-refractivity contribution in [2.24, 2.45) is 5.18 Å². The molecule has 8 nitrogen and oxygen atoms in total. The second kappa shape index (κ2) is 7.34. The number of ether oxygens (including phenoxy) is 2. The molecule has 0 saturated heterocycles. The van der Waals surface area contributed by atoms with Gasteiger partial charge < -0.3 is 9.47 Å². The van der Waals surface area contributed by atoms with Gasteiger partial charge in [-0.1, -0.05) is 12.1 Å². The highest BCUT2D eigenvalue weighted by atomic mass is 16.5. The topological polar surface area (TPSA) is 106 Å². The lowest BCUT2D eigenvalue weighted by molar-refractivity contribution is 0.0591. The lowest BCUT2D eigenvalue weighted by Crippen LogP contribution is -2.16. The van der Waals surface area contributed by atoms with Gasteiger partial charge in [-0.25, -0.2) is 14.7 Å². The molecule has 124 valence electrons. The maximum absolute atomic E-state index is 11.8. The van der Waals surface area contributed by atoms with Crippen molar-refractivity contribution in [1.29, 1.82) is 0 Å². The van der Waals surface area contributed by atoms with Crippen LogP contribution in [-0.2, 0) is 9.47 Å². The number of esters is 2. The van der Waals surface area contributed by atoms with E-state index in [0.29, 0.717) is 5.06 Å². The van der Waals surface area contributed by atoms with E-state index < -0.39 is 11.9 Å². The molecule has 0 atom stereocenters. The van der Waals surface area contributed by atoms with Gasteiger partial charge in [-0.05, 0) is 35.5 Å². The molecule has 2 aromatic rings. The zero-order valence-corrected chi connectivity index (χ0v) is 12.9. The van der Waals surface area contributed by atoms with Crippen LogP contribution in [0.3, 0.4) is 0 Å². The Bertz CT molecular complexity index is 790. The molecule has 2 rings (SSSR count). The zero-order chi connectivity index (χ0) is 17.7. The number of anilines is 2. The van der Waals surface area contributed by atoms with E-state index in [9.17, 15) is 19.7 Å². The number of rotatable bonds is 5. The summed E-state index contributed by atoms with van der Waals surface area (Å²) >= 11 is 0. The first-order chi connectivity index (χ1) is 11.5. The second-order valence-corrected chi connectivity index (χ2v) is 4.60. The molecule has 0 saturated carbocycles. The summed E-state index contributed by atoms with van der Waals surface area (Å²) in [6, 6.07) is 10.1. The predicted octanol–water partition coefficient (Wildman–Crippen LogP) is 3.19. The summed E-state index contributed by atoms with van der Waals surface area (Å²) in [5.74, 6) is -1.41. The van der Waals surface area contributed by atoms with Crippen molar-refractivity contribution < 1.29 is 24.3 Å². The molecule has 0 aromatic heterocycles. The number of carbonyl (C=O) groups excluding carboxylic acids is 2. The Morgan fingerprint density at radius 2 is 1.62 bits per heavy atom. The van der Waals surface area contributed by atoms with E-state index in [1.807, 2.05) is 0 Å². The molecule has 2 aromatic carbocycles. The van der Waals surface area contributed by atoms with Crippen molar-refractivity contribution >= 4 is 29.0 Å². The van der Waals surface area contributed by atoms with E-state index in [0.717, 1.165) is 7.11 Å². The second-order valence-electron chi connectivity index (χ2n) is 4.60. The molecule has 0 bridgehead atoms. The number of benzene rings is 2. The normalized spacial score (nSPS) is 9.96. The molecule has 0 heterocycles. The first-order valence-electron chi connectivity index (χ1n) is 6.75. The molecule has 0 amide bonds. The van der Waals surface area contributed by atoms with Crippen LogP contribution in [-0.4, -0.2) is 31.4 Å². The maximum atomic E-state index is 11.8. The Kier molecular flexibility index (Phi) is 5.23. The molecule has 0 unspecified atom stereocenters. The molecule has 0 aliphatic heterocycles. The van der Waals surface area contributed by atoms with Crippen LogP contribution in [0.4, 0.5) is 17.1 Å². The minimum atomic E-state index is -0.777. The Balaban J connectivity index is 2.51. The Morgan fingerprint density at radius 1 is 1.00 bits per heavy atom. The van der Waals surface area contributed by atoms with E-state index in [-0.39, 0.29) is 28.2 Å². The summed E-state index contributed by atoms with van der Waals surface area (Å²) in [6.07, 6.45) is 0. The number of methoxy groups -OCH3 is 2. The first kappa shape index (κ1) is 17.1. The van der Waals surface area contributed by atoms with E-state index in [2.05, 4.69) is 14.7 Å². The van der Waals surface area contributed by atoms with Gasteiger partial charge in [0.1, 0.15) is 5.69 Å². The van der Waals surface area contributed by atoms with Crippen molar-refractivity contribution in [3.63, 3.8) is 0 Å². The van der Waals surface area contributed by atoms with Crippen molar-refractivity contribution in [2.75, 3.05) is 19.3 Å². The molecule has 0 aliphatic rings. The smallest absolute Gasteiger partial charge is 0.340 e. The van der Waals surface area contributed by atoms with Gasteiger partial charge in [-0.3, -0.25) is 5.21 Å². The quantitative estimate of drug-likeness (QED) is 0.510. The predicted molar refractivity (Wildman–Crippen MR) is 84.9 cm³/mol. The number of hydrogen-bond acceptors (Lipinski definition) is 8. The van der Waals surface area contributed by atoms with E-state index in [4.69, 9.17) is 0 Å². The summed E-state index contributed by atoms with van der Waals surface area (Å²) in [5, 5.41) is 13.9. The van der Waals surface area contributed by atoms with Crippen LogP contribution in [0.15, 0.2) is 47.6 Å². The number of hydrogen-bond donors (Lipinski definition) is 1. The van der Waals surface area contributed by atoms with Gasteiger partial charge in [0.2, 0.25) is 0 Å². The van der Waals surface area contributed by atoms with Crippen LogP contribution >= 0.6 is 0 Å². The Morgan fingerprint density at radius 3 is 2.25 bits per heavy atom. The lowest BCUT2D eigenvalue weighted by Gasteiger charge is -2.20. The molecule has 0 aliphatic carbocycles. The van der Waals surface area contributed by atoms with E-state index in [1.165, 1.54) is 37.4 Å². The highest BCUT2D eigenvalue weighted by Gasteiger charge is 2.20. The largest absolute Gasteiger partial charge is 0.465 e. The van der Waals surface area contributed by atoms with Gasteiger partial charge in [0.05, 0.1) is 36.7 Å². The van der Waals surface area contributed by atoms with Gasteiger partial charge in [0.25, 0.3) is 0 Å². The van der Waals surface area contributed by atoms with Crippen LogP contribution < -0.4 is 5.06 Å². The van der Waals surface area contributed by atoms with E-state index in [1.54, 1.807) is 12.1 Å². The summed E-state index contributed by atoms with van der Waals surface area (Å²) in [7, 11) is 2.38. The Hall–Kier alpha value is -3.26. The van der Waals surface area contributed by atoms with Crippen LogP contribution in [0.25, 0.3) is 0 Å². The Labute approximate surface area is 137 Å². The van der Waals surface area contributed by atoms with E-state index >= 15 is 0 Å². The molecule has 1 N–H and O–H groups in total. The minimum Gasteiger partial charge on any atom is -0.465 e. The van der Waals surface area contributed by atoms with Crippen molar-refractivity contribution in [2.45, 2.75) is 0 Å². The average Bonchev–Trinajstić information content (AvgIpc) is 2.65. The third kappa shape index (κ3) is 3.23. The van der Waals surface area contributed by atoms with Gasteiger partial charge >= 0.3 is 11.9 Å². The average molecular weight is 330 g/mol. The standard InChI is InChI=1S/C16H14N2O6/c1-23-15(19)11-5-3-4-6-14(11)18(22)10-7-8-13(17-21)12(9-10)16(20)24-2/h3-9,22H,1-2H3. The van der Waals surface area contributed by atoms with Gasteiger partial charge in [0.15, 0.2) is 0 Å². The number of carbonyl (C=O) groups is 2. The molecule has 24 heavy (non-hydrogen) atoms. The number of para-hydroxylation sites is 1. The SMILES string of the molecule is COC(=O)c1cc(N(O)c2ccccc2C(=O)OC)ccc1N=O. The van der Waals surface area contributed by atoms with Gasteiger partial charge in [0, 0.05) is 0 Å². The van der Waals surface area contributed by atoms with Crippen LogP contribution in [0, 0.1) is 4.91 Å². The van der Waals surface area contributed by atoms with Gasteiger partial charge in [-0.2, -0.15) is 0 Å². The third-order valence-corrected chi connectivity index (χ3v) is 3.27. The molecule has 0 spiro atoms. The fourth-order valence-corrected chi connectivity index (χ4v) is 2.09. The highest BCUT2D eigenvalue weighted by molar-refractivity contribution is 5.98. The van der Waals surface area contributed by atoms with Crippen LogP contribution in [0.2, 0.25) is 0 Å². The summed E-state index contributed by atoms with van der Waals surface area (Å²) in [5.41, 5.74) is 0.172. The third-order valence-electron chi connectivity index (χ3n) is 3.27. The van der Waals surface area contributed by atoms with Crippen molar-refractivity contribution in [1.82, 2.24) is 0 Å². The van der Waals surface area contributed by atoms with Crippen molar-refractivity contribution in [3.8, 4) is 0 Å². The summed E-state index contributed by atoms with van der Waals surface area (Å²) < 4.78 is 9.26. The lowest BCUT2D eigenvalue weighted by atomic mass is 10.1. The van der Waals surface area contributed by atoms with Crippen molar-refractivity contribution in [3.05, 3.63) is 58.5 Å². The molecular formula is C16H14N2O6.